The predicted molar refractivity (Wildman–Crippen MR) is 77.8 cm³/mol. The van der Waals surface area contributed by atoms with Gasteiger partial charge in [0, 0.05) is 12.4 Å². The average molecular weight is 327 g/mol. The number of aromatic nitrogens is 1. The molecule has 2 rings (SSSR count). The van der Waals surface area contributed by atoms with Gasteiger partial charge in [0.15, 0.2) is 0 Å². The van der Waals surface area contributed by atoms with Crippen molar-refractivity contribution in [1.82, 2.24) is 4.98 Å². The molecule has 0 amide bonds. The summed E-state index contributed by atoms with van der Waals surface area (Å²) in [7, 11) is -2.63. The first-order chi connectivity index (χ1) is 9.94. The molecule has 0 spiro atoms. The standard InChI is InChI=1S/C13H11ClN2O4S/c1-20-13(17)9-2-3-12(11(14)8-9)21(18,19)16-10-4-6-15-7-5-10/h2-8H,1H3,(H,15,16). The number of benzene rings is 1. The van der Waals surface area contributed by atoms with Gasteiger partial charge in [0.2, 0.25) is 0 Å². The highest BCUT2D eigenvalue weighted by Gasteiger charge is 2.19. The van der Waals surface area contributed by atoms with Crippen LogP contribution >= 0.6 is 11.6 Å². The van der Waals surface area contributed by atoms with Crippen LogP contribution in [0, 0.1) is 0 Å². The third-order valence-corrected chi connectivity index (χ3v) is 4.44. The van der Waals surface area contributed by atoms with Crippen molar-refractivity contribution in [1.29, 1.82) is 0 Å². The summed E-state index contributed by atoms with van der Waals surface area (Å²) in [4.78, 5) is 15.0. The highest BCUT2D eigenvalue weighted by Crippen LogP contribution is 2.25. The van der Waals surface area contributed by atoms with E-state index in [4.69, 9.17) is 11.6 Å². The molecule has 110 valence electrons. The van der Waals surface area contributed by atoms with E-state index in [0.29, 0.717) is 5.69 Å². The number of pyridine rings is 1. The molecule has 0 radical (unpaired) electrons. The first-order valence-electron chi connectivity index (χ1n) is 5.75. The Morgan fingerprint density at radius 3 is 2.48 bits per heavy atom. The molecule has 0 fully saturated rings. The molecule has 8 heteroatoms. The zero-order valence-corrected chi connectivity index (χ0v) is 12.5. The molecule has 1 aromatic carbocycles. The Bertz CT molecular complexity index is 763. The van der Waals surface area contributed by atoms with E-state index in [1.54, 1.807) is 0 Å². The van der Waals surface area contributed by atoms with E-state index in [9.17, 15) is 13.2 Å². The number of nitrogens with one attached hydrogen (secondary N) is 1. The van der Waals surface area contributed by atoms with Gasteiger partial charge in [0.05, 0.1) is 23.4 Å². The topological polar surface area (TPSA) is 85.4 Å². The molecule has 0 unspecified atom stereocenters. The monoisotopic (exact) mass is 326 g/mol. The second kappa shape index (κ2) is 6.11. The van der Waals surface area contributed by atoms with E-state index in [-0.39, 0.29) is 15.5 Å². The number of nitrogens with zero attached hydrogens (tertiary/aromatic N) is 1. The number of sulfonamides is 1. The quantitative estimate of drug-likeness (QED) is 0.871. The molecular weight excluding hydrogens is 316 g/mol. The molecular formula is C13H11ClN2O4S. The van der Waals surface area contributed by atoms with Gasteiger partial charge < -0.3 is 4.74 Å². The van der Waals surface area contributed by atoms with Crippen LogP contribution in [0.3, 0.4) is 0 Å². The van der Waals surface area contributed by atoms with Crippen LogP contribution in [-0.4, -0.2) is 26.5 Å². The smallest absolute Gasteiger partial charge is 0.337 e. The number of carbonyl (C=O) groups is 1. The second-order valence-corrected chi connectivity index (χ2v) is 6.04. The van der Waals surface area contributed by atoms with Crippen LogP contribution in [0.5, 0.6) is 0 Å². The Morgan fingerprint density at radius 2 is 1.90 bits per heavy atom. The second-order valence-electron chi connectivity index (χ2n) is 3.98. The highest BCUT2D eigenvalue weighted by molar-refractivity contribution is 7.92. The lowest BCUT2D eigenvalue weighted by Crippen LogP contribution is -2.14. The Labute approximate surface area is 126 Å². The SMILES string of the molecule is COC(=O)c1ccc(S(=O)(=O)Nc2ccncc2)c(Cl)c1. The lowest BCUT2D eigenvalue weighted by atomic mass is 10.2. The Morgan fingerprint density at radius 1 is 1.24 bits per heavy atom. The van der Waals surface area contributed by atoms with Gasteiger partial charge in [0.1, 0.15) is 4.90 Å². The molecule has 0 saturated heterocycles. The van der Waals surface area contributed by atoms with Gasteiger partial charge in [-0.15, -0.1) is 0 Å². The Kier molecular flexibility index (Phi) is 4.44. The van der Waals surface area contributed by atoms with Crippen LogP contribution in [0.4, 0.5) is 5.69 Å². The van der Waals surface area contributed by atoms with Crippen LogP contribution < -0.4 is 4.72 Å². The van der Waals surface area contributed by atoms with Crippen molar-refractivity contribution in [3.8, 4) is 0 Å². The Balaban J connectivity index is 2.35. The molecule has 0 aliphatic rings. The fourth-order valence-corrected chi connectivity index (χ4v) is 3.20. The molecule has 0 aliphatic carbocycles. The number of carbonyl (C=O) groups excluding carboxylic acids is 1. The van der Waals surface area contributed by atoms with E-state index < -0.39 is 16.0 Å². The highest BCUT2D eigenvalue weighted by atomic mass is 35.5. The molecule has 1 heterocycles. The van der Waals surface area contributed by atoms with E-state index in [2.05, 4.69) is 14.4 Å². The fourth-order valence-electron chi connectivity index (χ4n) is 1.59. The first-order valence-corrected chi connectivity index (χ1v) is 7.61. The number of hydrogen-bond donors (Lipinski definition) is 1. The van der Waals surface area contributed by atoms with Crippen LogP contribution in [0.2, 0.25) is 5.02 Å². The predicted octanol–water partition coefficient (Wildman–Crippen LogP) is 2.32. The summed E-state index contributed by atoms with van der Waals surface area (Å²) in [6.45, 7) is 0. The van der Waals surface area contributed by atoms with Crippen LogP contribution in [0.25, 0.3) is 0 Å². The summed E-state index contributed by atoms with van der Waals surface area (Å²) in [5, 5.41) is -0.0699. The number of halogens is 1. The van der Waals surface area contributed by atoms with Crippen LogP contribution in [0.1, 0.15) is 10.4 Å². The molecule has 1 N–H and O–H groups in total. The molecule has 21 heavy (non-hydrogen) atoms. The third-order valence-electron chi connectivity index (χ3n) is 2.58. The van der Waals surface area contributed by atoms with Gasteiger partial charge in [-0.1, -0.05) is 11.6 Å². The van der Waals surface area contributed by atoms with Crippen molar-refractivity contribution >= 4 is 33.3 Å². The number of hydrogen-bond acceptors (Lipinski definition) is 5. The van der Waals surface area contributed by atoms with Gasteiger partial charge >= 0.3 is 5.97 Å². The number of ether oxygens (including phenoxy) is 1. The summed E-state index contributed by atoms with van der Waals surface area (Å²) in [5.41, 5.74) is 0.531. The molecule has 2 aromatic rings. The molecule has 6 nitrogen and oxygen atoms in total. The van der Waals surface area contributed by atoms with Gasteiger partial charge in [0.25, 0.3) is 10.0 Å². The van der Waals surface area contributed by atoms with Gasteiger partial charge in [-0.2, -0.15) is 0 Å². The molecule has 0 atom stereocenters. The maximum Gasteiger partial charge on any atom is 0.337 e. The van der Waals surface area contributed by atoms with Gasteiger partial charge in [-0.05, 0) is 30.3 Å². The molecule has 1 aromatic heterocycles. The van der Waals surface area contributed by atoms with E-state index >= 15 is 0 Å². The molecule has 0 saturated carbocycles. The van der Waals surface area contributed by atoms with E-state index in [1.807, 2.05) is 0 Å². The lowest BCUT2D eigenvalue weighted by molar-refractivity contribution is 0.0600. The minimum atomic E-state index is -3.86. The third kappa shape index (κ3) is 3.50. The largest absolute Gasteiger partial charge is 0.465 e. The Hall–Kier alpha value is -2.12. The molecule has 0 bridgehead atoms. The zero-order valence-electron chi connectivity index (χ0n) is 10.9. The minimum absolute atomic E-state index is 0.0699. The fraction of sp³-hybridized carbons (Fsp3) is 0.0769. The van der Waals surface area contributed by atoms with Gasteiger partial charge in [-0.25, -0.2) is 13.2 Å². The van der Waals surface area contributed by atoms with E-state index in [1.165, 1.54) is 49.8 Å². The van der Waals surface area contributed by atoms with Crippen molar-refractivity contribution in [2.24, 2.45) is 0 Å². The number of esters is 1. The minimum Gasteiger partial charge on any atom is -0.465 e. The van der Waals surface area contributed by atoms with Crippen molar-refractivity contribution < 1.29 is 17.9 Å². The van der Waals surface area contributed by atoms with Gasteiger partial charge in [-0.3, -0.25) is 9.71 Å². The summed E-state index contributed by atoms with van der Waals surface area (Å²) in [6.07, 6.45) is 2.92. The number of anilines is 1. The van der Waals surface area contributed by atoms with Crippen LogP contribution in [0.15, 0.2) is 47.6 Å². The zero-order chi connectivity index (χ0) is 15.5. The van der Waals surface area contributed by atoms with Crippen molar-refractivity contribution in [3.05, 3.63) is 53.3 Å². The normalized spacial score (nSPS) is 11.0. The summed E-state index contributed by atoms with van der Waals surface area (Å²) >= 11 is 5.94. The lowest BCUT2D eigenvalue weighted by Gasteiger charge is -2.10. The number of methoxy groups -OCH3 is 1. The maximum atomic E-state index is 12.2. The van der Waals surface area contributed by atoms with Crippen LogP contribution in [-0.2, 0) is 14.8 Å². The van der Waals surface area contributed by atoms with Crippen molar-refractivity contribution in [2.45, 2.75) is 4.90 Å². The number of rotatable bonds is 4. The van der Waals surface area contributed by atoms with Crippen molar-refractivity contribution in [3.63, 3.8) is 0 Å². The average Bonchev–Trinajstić information content (AvgIpc) is 2.46. The molecule has 0 aliphatic heterocycles. The maximum absolute atomic E-state index is 12.2. The van der Waals surface area contributed by atoms with Crippen molar-refractivity contribution in [2.75, 3.05) is 11.8 Å². The summed E-state index contributed by atoms with van der Waals surface area (Å²) < 4.78 is 31.4. The summed E-state index contributed by atoms with van der Waals surface area (Å²) in [6, 6.07) is 6.84. The first kappa shape index (κ1) is 15.3. The van der Waals surface area contributed by atoms with E-state index in [0.717, 1.165) is 0 Å². The summed E-state index contributed by atoms with van der Waals surface area (Å²) in [5.74, 6) is -0.594.